The van der Waals surface area contributed by atoms with Crippen molar-refractivity contribution >= 4 is 0 Å². The molecule has 0 saturated carbocycles. The van der Waals surface area contributed by atoms with E-state index in [0.717, 1.165) is 38.2 Å². The first kappa shape index (κ1) is 14.7. The summed E-state index contributed by atoms with van der Waals surface area (Å²) < 4.78 is 11.2. The Bertz CT molecular complexity index is 228. The van der Waals surface area contributed by atoms with Gasteiger partial charge in [0, 0.05) is 19.2 Å². The Morgan fingerprint density at radius 3 is 2.94 bits per heavy atom. The largest absolute Gasteiger partial charge is 0.378 e. The SMILES string of the molecule is C=C(C)COCCNC1CCOC(C(C)C)C1. The second-order valence-corrected chi connectivity index (χ2v) is 5.34. The van der Waals surface area contributed by atoms with Crippen molar-refractivity contribution in [2.45, 2.75) is 45.8 Å². The van der Waals surface area contributed by atoms with E-state index in [1.54, 1.807) is 0 Å². The van der Waals surface area contributed by atoms with Crippen molar-refractivity contribution in [1.82, 2.24) is 5.32 Å². The van der Waals surface area contributed by atoms with Gasteiger partial charge in [0.25, 0.3) is 0 Å². The van der Waals surface area contributed by atoms with Crippen LogP contribution in [0.2, 0.25) is 0 Å². The van der Waals surface area contributed by atoms with Gasteiger partial charge in [0.15, 0.2) is 0 Å². The lowest BCUT2D eigenvalue weighted by Crippen LogP contribution is -2.42. The highest BCUT2D eigenvalue weighted by molar-refractivity contribution is 4.87. The van der Waals surface area contributed by atoms with E-state index in [0.29, 0.717) is 24.7 Å². The Hall–Kier alpha value is -0.380. The first-order valence-electron chi connectivity index (χ1n) is 6.66. The monoisotopic (exact) mass is 241 g/mol. The van der Waals surface area contributed by atoms with Crippen LogP contribution in [0.5, 0.6) is 0 Å². The Labute approximate surface area is 106 Å². The summed E-state index contributed by atoms with van der Waals surface area (Å²) in [4.78, 5) is 0. The average Bonchev–Trinajstić information content (AvgIpc) is 2.28. The van der Waals surface area contributed by atoms with Crippen LogP contribution in [0.25, 0.3) is 0 Å². The maximum absolute atomic E-state index is 5.75. The molecule has 3 nitrogen and oxygen atoms in total. The number of hydrogen-bond acceptors (Lipinski definition) is 3. The Morgan fingerprint density at radius 1 is 1.53 bits per heavy atom. The molecule has 2 atom stereocenters. The highest BCUT2D eigenvalue weighted by Crippen LogP contribution is 2.19. The molecule has 0 aromatic carbocycles. The number of ether oxygens (including phenoxy) is 2. The van der Waals surface area contributed by atoms with E-state index >= 15 is 0 Å². The minimum absolute atomic E-state index is 0.414. The van der Waals surface area contributed by atoms with Crippen molar-refractivity contribution in [2.24, 2.45) is 5.92 Å². The first-order chi connectivity index (χ1) is 8.09. The Balaban J connectivity index is 2.08. The van der Waals surface area contributed by atoms with Gasteiger partial charge in [-0.15, -0.1) is 0 Å². The molecule has 1 aliphatic heterocycles. The van der Waals surface area contributed by atoms with Crippen LogP contribution in [0.4, 0.5) is 0 Å². The molecular formula is C14H27NO2. The summed E-state index contributed by atoms with van der Waals surface area (Å²) in [7, 11) is 0. The molecule has 3 heteroatoms. The third-order valence-corrected chi connectivity index (χ3v) is 3.09. The van der Waals surface area contributed by atoms with E-state index in [2.05, 4.69) is 25.7 Å². The van der Waals surface area contributed by atoms with E-state index in [-0.39, 0.29) is 0 Å². The normalized spacial score (nSPS) is 25.2. The summed E-state index contributed by atoms with van der Waals surface area (Å²) in [6, 6.07) is 0.588. The van der Waals surface area contributed by atoms with Gasteiger partial charge >= 0.3 is 0 Å². The molecule has 1 heterocycles. The molecule has 0 spiro atoms. The molecule has 2 unspecified atom stereocenters. The zero-order valence-corrected chi connectivity index (χ0v) is 11.5. The summed E-state index contributed by atoms with van der Waals surface area (Å²) in [6.07, 6.45) is 2.65. The third kappa shape index (κ3) is 6.20. The molecule has 1 aliphatic rings. The number of nitrogens with one attached hydrogen (secondary N) is 1. The second kappa shape index (κ2) is 7.85. The van der Waals surface area contributed by atoms with Crippen LogP contribution in [0, 0.1) is 5.92 Å². The molecule has 0 radical (unpaired) electrons. The lowest BCUT2D eigenvalue weighted by Gasteiger charge is -2.32. The van der Waals surface area contributed by atoms with Crippen molar-refractivity contribution in [1.29, 1.82) is 0 Å². The van der Waals surface area contributed by atoms with E-state index in [9.17, 15) is 0 Å². The second-order valence-electron chi connectivity index (χ2n) is 5.34. The van der Waals surface area contributed by atoms with Gasteiger partial charge in [-0.25, -0.2) is 0 Å². The van der Waals surface area contributed by atoms with Gasteiger partial charge in [0.1, 0.15) is 0 Å². The van der Waals surface area contributed by atoms with Crippen LogP contribution >= 0.6 is 0 Å². The van der Waals surface area contributed by atoms with Crippen LogP contribution in [0.15, 0.2) is 12.2 Å². The Morgan fingerprint density at radius 2 is 2.29 bits per heavy atom. The quantitative estimate of drug-likeness (QED) is 0.548. The summed E-state index contributed by atoms with van der Waals surface area (Å²) >= 11 is 0. The number of hydrogen-bond donors (Lipinski definition) is 1. The topological polar surface area (TPSA) is 30.5 Å². The van der Waals surface area contributed by atoms with Crippen LogP contribution in [-0.4, -0.2) is 38.5 Å². The van der Waals surface area contributed by atoms with Crippen molar-refractivity contribution < 1.29 is 9.47 Å². The summed E-state index contributed by atoms with van der Waals surface area (Å²) in [5.74, 6) is 0.610. The average molecular weight is 241 g/mol. The molecule has 0 aromatic rings. The van der Waals surface area contributed by atoms with E-state index in [4.69, 9.17) is 9.47 Å². The van der Waals surface area contributed by atoms with Gasteiger partial charge < -0.3 is 14.8 Å². The van der Waals surface area contributed by atoms with Crippen LogP contribution in [0.1, 0.15) is 33.6 Å². The molecule has 0 amide bonds. The highest BCUT2D eigenvalue weighted by atomic mass is 16.5. The zero-order chi connectivity index (χ0) is 12.7. The zero-order valence-electron chi connectivity index (χ0n) is 11.5. The molecule has 0 aromatic heterocycles. The first-order valence-corrected chi connectivity index (χ1v) is 6.66. The standard InChI is InChI=1S/C14H27NO2/c1-11(2)10-16-8-6-15-13-5-7-17-14(9-13)12(3)4/h12-15H,1,5-10H2,2-4H3. The number of rotatable bonds is 7. The fourth-order valence-corrected chi connectivity index (χ4v) is 2.06. The molecule has 1 fully saturated rings. The molecule has 0 bridgehead atoms. The summed E-state index contributed by atoms with van der Waals surface area (Å²) in [5, 5.41) is 3.55. The maximum atomic E-state index is 5.75. The molecule has 1 rings (SSSR count). The van der Waals surface area contributed by atoms with Gasteiger partial charge in [-0.05, 0) is 25.7 Å². The van der Waals surface area contributed by atoms with Crippen LogP contribution < -0.4 is 5.32 Å². The summed E-state index contributed by atoms with van der Waals surface area (Å²) in [5.41, 5.74) is 1.08. The Kier molecular flexibility index (Phi) is 6.78. The minimum Gasteiger partial charge on any atom is -0.378 e. The van der Waals surface area contributed by atoms with Crippen molar-refractivity contribution in [2.75, 3.05) is 26.4 Å². The lowest BCUT2D eigenvalue weighted by atomic mass is 9.95. The van der Waals surface area contributed by atoms with Gasteiger partial charge in [0.2, 0.25) is 0 Å². The third-order valence-electron chi connectivity index (χ3n) is 3.09. The smallest absolute Gasteiger partial charge is 0.0672 e. The highest BCUT2D eigenvalue weighted by Gasteiger charge is 2.24. The van der Waals surface area contributed by atoms with Gasteiger partial charge in [0.05, 0.1) is 19.3 Å². The molecule has 100 valence electrons. The van der Waals surface area contributed by atoms with Crippen molar-refractivity contribution in [3.8, 4) is 0 Å². The van der Waals surface area contributed by atoms with E-state index in [1.165, 1.54) is 0 Å². The lowest BCUT2D eigenvalue weighted by molar-refractivity contribution is -0.0250. The van der Waals surface area contributed by atoms with Crippen LogP contribution in [-0.2, 0) is 9.47 Å². The fraction of sp³-hybridized carbons (Fsp3) is 0.857. The van der Waals surface area contributed by atoms with Crippen LogP contribution in [0.3, 0.4) is 0 Å². The molecular weight excluding hydrogens is 214 g/mol. The molecule has 17 heavy (non-hydrogen) atoms. The minimum atomic E-state index is 0.414. The van der Waals surface area contributed by atoms with Gasteiger partial charge in [-0.1, -0.05) is 26.0 Å². The van der Waals surface area contributed by atoms with Crippen molar-refractivity contribution in [3.63, 3.8) is 0 Å². The maximum Gasteiger partial charge on any atom is 0.0672 e. The van der Waals surface area contributed by atoms with E-state index in [1.807, 2.05) is 6.92 Å². The van der Waals surface area contributed by atoms with Gasteiger partial charge in [-0.3, -0.25) is 0 Å². The predicted molar refractivity (Wildman–Crippen MR) is 71.2 cm³/mol. The molecule has 0 aliphatic carbocycles. The van der Waals surface area contributed by atoms with Gasteiger partial charge in [-0.2, -0.15) is 0 Å². The van der Waals surface area contributed by atoms with E-state index < -0.39 is 0 Å². The van der Waals surface area contributed by atoms with Crippen molar-refractivity contribution in [3.05, 3.63) is 12.2 Å². The predicted octanol–water partition coefficient (Wildman–Crippen LogP) is 2.37. The fourth-order valence-electron chi connectivity index (χ4n) is 2.06. The molecule has 1 N–H and O–H groups in total. The molecule has 1 saturated heterocycles. The summed E-state index contributed by atoms with van der Waals surface area (Å²) in [6.45, 7) is 13.5.